The monoisotopic (exact) mass is 400 g/mol. The average molecular weight is 401 g/mol. The van der Waals surface area contributed by atoms with Gasteiger partial charge in [0.25, 0.3) is 0 Å². The topological polar surface area (TPSA) is 68.8 Å². The number of nitrogens with one attached hydrogen (secondary N) is 2. The molecule has 1 aromatic carbocycles. The number of amides is 2. The van der Waals surface area contributed by atoms with E-state index in [2.05, 4.69) is 47.3 Å². The highest BCUT2D eigenvalue weighted by molar-refractivity contribution is 9.10. The minimum absolute atomic E-state index is 0.0429. The van der Waals surface area contributed by atoms with Crippen LogP contribution >= 0.6 is 15.9 Å². The third-order valence-corrected chi connectivity index (χ3v) is 5.46. The van der Waals surface area contributed by atoms with Gasteiger partial charge in [0.05, 0.1) is 26.0 Å². The number of carbonyl (C=O) groups is 1. The fourth-order valence-electron chi connectivity index (χ4n) is 3.67. The second-order valence-electron chi connectivity index (χ2n) is 6.60. The van der Waals surface area contributed by atoms with Gasteiger partial charge in [0, 0.05) is 41.1 Å². The maximum Gasteiger partial charge on any atom is 0.319 e. The summed E-state index contributed by atoms with van der Waals surface area (Å²) < 4.78 is 16.7. The van der Waals surface area contributed by atoms with Crippen LogP contribution in [0.25, 0.3) is 0 Å². The molecule has 134 valence electrons. The molecule has 3 atom stereocenters. The summed E-state index contributed by atoms with van der Waals surface area (Å²) in [5.74, 6) is 1.39. The predicted molar refractivity (Wildman–Crippen MR) is 96.9 cm³/mol. The van der Waals surface area contributed by atoms with Crippen molar-refractivity contribution in [2.24, 2.45) is 11.3 Å². The lowest BCUT2D eigenvalue weighted by atomic mass is 9.58. The molecule has 1 fully saturated rings. The minimum Gasteiger partial charge on any atom is -0.493 e. The summed E-state index contributed by atoms with van der Waals surface area (Å²) in [6.45, 7) is 6.27. The van der Waals surface area contributed by atoms with Crippen molar-refractivity contribution < 1.29 is 19.0 Å². The highest BCUT2D eigenvalue weighted by atomic mass is 79.9. The molecule has 0 radical (unpaired) electrons. The van der Waals surface area contributed by atoms with Crippen LogP contribution in [0, 0.1) is 11.3 Å². The molecule has 6 nitrogen and oxygen atoms in total. The van der Waals surface area contributed by atoms with Crippen LogP contribution in [-0.4, -0.2) is 39.5 Å². The van der Waals surface area contributed by atoms with Gasteiger partial charge in [-0.1, -0.05) is 20.8 Å². The van der Waals surface area contributed by atoms with Gasteiger partial charge in [-0.05, 0) is 15.9 Å². The molecule has 2 amide bonds. The molecule has 2 rings (SSSR count). The van der Waals surface area contributed by atoms with Crippen molar-refractivity contribution in [3.63, 3.8) is 0 Å². The van der Waals surface area contributed by atoms with Crippen LogP contribution in [0.5, 0.6) is 11.5 Å². The van der Waals surface area contributed by atoms with Gasteiger partial charge in [-0.3, -0.25) is 0 Å². The van der Waals surface area contributed by atoms with E-state index in [0.717, 1.165) is 0 Å². The number of hydrogen-bond donors (Lipinski definition) is 2. The number of carbonyl (C=O) groups excluding carboxylic acids is 1. The molecule has 1 saturated carbocycles. The Morgan fingerprint density at radius 3 is 2.25 bits per heavy atom. The van der Waals surface area contributed by atoms with E-state index in [1.54, 1.807) is 33.5 Å². The second-order valence-corrected chi connectivity index (χ2v) is 7.45. The van der Waals surface area contributed by atoms with Gasteiger partial charge in [0.2, 0.25) is 0 Å². The van der Waals surface area contributed by atoms with Gasteiger partial charge < -0.3 is 24.8 Å². The van der Waals surface area contributed by atoms with Gasteiger partial charge in [-0.2, -0.15) is 0 Å². The summed E-state index contributed by atoms with van der Waals surface area (Å²) in [5, 5.41) is 5.89. The Morgan fingerprint density at radius 1 is 1.17 bits per heavy atom. The van der Waals surface area contributed by atoms with Crippen molar-refractivity contribution in [2.75, 3.05) is 26.6 Å². The largest absolute Gasteiger partial charge is 0.493 e. The molecule has 7 heteroatoms. The molecule has 24 heavy (non-hydrogen) atoms. The number of ether oxygens (including phenoxy) is 3. The summed E-state index contributed by atoms with van der Waals surface area (Å²) in [6, 6.07) is 3.25. The molecule has 2 N–H and O–H groups in total. The molecule has 1 aliphatic carbocycles. The Kier molecular flexibility index (Phi) is 5.65. The zero-order chi connectivity index (χ0) is 18.1. The first kappa shape index (κ1) is 18.9. The fraction of sp³-hybridized carbons (Fsp3) is 0.588. The van der Waals surface area contributed by atoms with Crippen LogP contribution in [0.15, 0.2) is 16.6 Å². The fourth-order valence-corrected chi connectivity index (χ4v) is 4.10. The Labute approximate surface area is 151 Å². The van der Waals surface area contributed by atoms with Crippen molar-refractivity contribution >= 4 is 27.6 Å². The van der Waals surface area contributed by atoms with Crippen molar-refractivity contribution in [1.82, 2.24) is 5.32 Å². The van der Waals surface area contributed by atoms with Gasteiger partial charge in [0.15, 0.2) is 11.5 Å². The summed E-state index contributed by atoms with van der Waals surface area (Å²) >= 11 is 3.43. The maximum atomic E-state index is 12.4. The molecule has 0 spiro atoms. The van der Waals surface area contributed by atoms with Crippen LogP contribution < -0.4 is 20.1 Å². The van der Waals surface area contributed by atoms with E-state index in [1.165, 1.54) is 0 Å². The van der Waals surface area contributed by atoms with Crippen LogP contribution in [0.1, 0.15) is 20.8 Å². The summed E-state index contributed by atoms with van der Waals surface area (Å²) in [4.78, 5) is 12.4. The lowest BCUT2D eigenvalue weighted by molar-refractivity contribution is -0.140. The maximum absolute atomic E-state index is 12.4. The second kappa shape index (κ2) is 7.19. The Morgan fingerprint density at radius 2 is 1.75 bits per heavy atom. The molecular formula is C17H25BrN2O4. The number of hydrogen-bond acceptors (Lipinski definition) is 4. The summed E-state index contributed by atoms with van der Waals surface area (Å²) in [5.41, 5.74) is 0.499. The lowest BCUT2D eigenvalue weighted by Crippen LogP contribution is -2.68. The van der Waals surface area contributed by atoms with E-state index < -0.39 is 0 Å². The molecule has 0 saturated heterocycles. The van der Waals surface area contributed by atoms with Crippen molar-refractivity contribution in [3.05, 3.63) is 16.6 Å². The number of urea groups is 1. The van der Waals surface area contributed by atoms with Crippen molar-refractivity contribution in [2.45, 2.75) is 32.9 Å². The van der Waals surface area contributed by atoms with E-state index in [9.17, 15) is 4.79 Å². The van der Waals surface area contributed by atoms with Gasteiger partial charge >= 0.3 is 6.03 Å². The quantitative estimate of drug-likeness (QED) is 0.791. The first-order valence-electron chi connectivity index (χ1n) is 7.78. The molecule has 0 heterocycles. The van der Waals surface area contributed by atoms with Crippen LogP contribution in [-0.2, 0) is 4.74 Å². The normalized spacial score (nSPS) is 24.7. The minimum atomic E-state index is -0.262. The van der Waals surface area contributed by atoms with E-state index in [0.29, 0.717) is 21.7 Å². The third kappa shape index (κ3) is 3.32. The molecule has 0 unspecified atom stereocenters. The first-order valence-corrected chi connectivity index (χ1v) is 8.57. The number of rotatable bonds is 5. The summed E-state index contributed by atoms with van der Waals surface area (Å²) in [7, 11) is 4.83. The summed E-state index contributed by atoms with van der Waals surface area (Å²) in [6.07, 6.45) is 0.135. The molecule has 0 aliphatic heterocycles. The number of methoxy groups -OCH3 is 3. The molecule has 1 aromatic rings. The van der Waals surface area contributed by atoms with E-state index >= 15 is 0 Å². The average Bonchev–Trinajstić information content (AvgIpc) is 2.54. The SMILES string of the molecule is COc1cc(Br)c(NC(=O)N[C@@H]2[C@H](C)[C@H](OC)C2(C)C)cc1OC. The van der Waals surface area contributed by atoms with E-state index in [1.807, 2.05) is 0 Å². The standard InChI is InChI=1S/C17H25BrN2O4/c1-9-14(17(2,3)15(9)24-6)20-16(21)19-11-8-13(23-5)12(22-4)7-10(11)18/h7-9,14-15H,1-6H3,(H2,19,20,21)/t9-,14+,15-/m0/s1. The van der Waals surface area contributed by atoms with Crippen molar-refractivity contribution in [1.29, 1.82) is 0 Å². The highest BCUT2D eigenvalue weighted by Gasteiger charge is 2.55. The molecular weight excluding hydrogens is 376 g/mol. The first-order chi connectivity index (χ1) is 11.3. The van der Waals surface area contributed by atoms with Crippen LogP contribution in [0.3, 0.4) is 0 Å². The van der Waals surface area contributed by atoms with Gasteiger partial charge in [0.1, 0.15) is 0 Å². The van der Waals surface area contributed by atoms with Crippen LogP contribution in [0.4, 0.5) is 10.5 Å². The Hall–Kier alpha value is -1.47. The van der Waals surface area contributed by atoms with Crippen LogP contribution in [0.2, 0.25) is 0 Å². The third-order valence-electron chi connectivity index (χ3n) is 4.80. The van der Waals surface area contributed by atoms with Crippen molar-refractivity contribution in [3.8, 4) is 11.5 Å². The number of halogens is 1. The number of benzene rings is 1. The zero-order valence-electron chi connectivity index (χ0n) is 14.9. The number of anilines is 1. The molecule has 0 aromatic heterocycles. The smallest absolute Gasteiger partial charge is 0.319 e. The zero-order valence-corrected chi connectivity index (χ0v) is 16.5. The van der Waals surface area contributed by atoms with Gasteiger partial charge in [-0.15, -0.1) is 0 Å². The Balaban J connectivity index is 2.08. The Bertz CT molecular complexity index is 621. The van der Waals surface area contributed by atoms with E-state index in [4.69, 9.17) is 14.2 Å². The molecule has 0 bridgehead atoms. The molecule has 1 aliphatic rings. The highest BCUT2D eigenvalue weighted by Crippen LogP contribution is 2.47. The predicted octanol–water partition coefficient (Wildman–Crippen LogP) is 3.65. The lowest BCUT2D eigenvalue weighted by Gasteiger charge is -2.56. The van der Waals surface area contributed by atoms with Gasteiger partial charge in [-0.25, -0.2) is 4.79 Å². The van der Waals surface area contributed by atoms with E-state index in [-0.39, 0.29) is 29.5 Å².